The summed E-state index contributed by atoms with van der Waals surface area (Å²) < 4.78 is 11.2. The Hall–Kier alpha value is -3.24. The van der Waals surface area contributed by atoms with Crippen LogP contribution in [0.15, 0.2) is 29.9 Å². The van der Waals surface area contributed by atoms with Gasteiger partial charge < -0.3 is 25.0 Å². The Balaban J connectivity index is 1.64. The molecule has 34 heavy (non-hydrogen) atoms. The molecule has 2 aromatic rings. The number of hydrogen-bond acceptors (Lipinski definition) is 10. The molecule has 0 aliphatic carbocycles. The third-order valence-corrected chi connectivity index (χ3v) is 5.73. The third kappa shape index (κ3) is 6.64. The number of aliphatic imine (C=N–C) groups is 1. The molecule has 0 radical (unpaired) electrons. The summed E-state index contributed by atoms with van der Waals surface area (Å²) in [5.41, 5.74) is 7.66. The van der Waals surface area contributed by atoms with E-state index in [1.807, 2.05) is 23.2 Å². The molecule has 184 valence electrons. The molecule has 0 unspecified atom stereocenters. The molecule has 10 nitrogen and oxygen atoms in total. The minimum absolute atomic E-state index is 0.246. The predicted molar refractivity (Wildman–Crippen MR) is 138 cm³/mol. The molecule has 1 saturated heterocycles. The summed E-state index contributed by atoms with van der Waals surface area (Å²) >= 11 is 0. The van der Waals surface area contributed by atoms with E-state index in [0.717, 1.165) is 56.9 Å². The quantitative estimate of drug-likeness (QED) is 0.270. The van der Waals surface area contributed by atoms with E-state index in [1.165, 1.54) is 0 Å². The summed E-state index contributed by atoms with van der Waals surface area (Å²) in [7, 11) is 1.65. The monoisotopic (exact) mass is 468 g/mol. The van der Waals surface area contributed by atoms with Gasteiger partial charge >= 0.3 is 6.01 Å². The van der Waals surface area contributed by atoms with Crippen LogP contribution in [-0.2, 0) is 4.74 Å². The maximum atomic E-state index is 6.14. The highest BCUT2D eigenvalue weighted by molar-refractivity contribution is 5.75. The molecule has 0 atom stereocenters. The van der Waals surface area contributed by atoms with E-state index >= 15 is 0 Å². The van der Waals surface area contributed by atoms with E-state index in [1.54, 1.807) is 7.11 Å². The van der Waals surface area contributed by atoms with Crippen LogP contribution in [0, 0.1) is 0 Å². The molecular formula is C24H36N8O2. The number of nitrogens with two attached hydrogens (primary N) is 1. The fourth-order valence-electron chi connectivity index (χ4n) is 3.77. The van der Waals surface area contributed by atoms with E-state index in [0.29, 0.717) is 31.4 Å². The van der Waals surface area contributed by atoms with E-state index in [4.69, 9.17) is 15.2 Å². The molecule has 3 heterocycles. The topological polar surface area (TPSA) is 105 Å². The van der Waals surface area contributed by atoms with Crippen LogP contribution in [-0.4, -0.2) is 86.3 Å². The average molecular weight is 469 g/mol. The van der Waals surface area contributed by atoms with Crippen LogP contribution in [0.5, 0.6) is 6.01 Å². The zero-order chi connectivity index (χ0) is 24.3. The lowest BCUT2D eigenvalue weighted by Gasteiger charge is -2.36. The van der Waals surface area contributed by atoms with Gasteiger partial charge in [-0.05, 0) is 30.8 Å². The van der Waals surface area contributed by atoms with Gasteiger partial charge in [-0.25, -0.2) is 4.98 Å². The van der Waals surface area contributed by atoms with E-state index in [-0.39, 0.29) is 11.8 Å². The van der Waals surface area contributed by atoms with E-state index in [9.17, 15) is 0 Å². The van der Waals surface area contributed by atoms with Crippen LogP contribution in [0.3, 0.4) is 0 Å². The first-order valence-electron chi connectivity index (χ1n) is 11.7. The van der Waals surface area contributed by atoms with Crippen molar-refractivity contribution in [2.75, 3.05) is 75.2 Å². The number of piperazine rings is 1. The van der Waals surface area contributed by atoms with E-state index in [2.05, 4.69) is 56.0 Å². The number of ether oxygens (including phenoxy) is 2. The maximum Gasteiger partial charge on any atom is 0.320 e. The molecule has 1 aliphatic rings. The number of nitrogen functional groups attached to an aromatic ring is 1. The summed E-state index contributed by atoms with van der Waals surface area (Å²) in [6.45, 7) is 15.7. The fourth-order valence-corrected chi connectivity index (χ4v) is 3.77. The van der Waals surface area contributed by atoms with Crippen molar-refractivity contribution in [2.45, 2.75) is 19.8 Å². The summed E-state index contributed by atoms with van der Waals surface area (Å²) in [5, 5.41) is 0. The van der Waals surface area contributed by atoms with Crippen LogP contribution in [0.4, 0.5) is 23.1 Å². The van der Waals surface area contributed by atoms with Crippen LogP contribution >= 0.6 is 0 Å². The molecule has 0 aromatic carbocycles. The highest BCUT2D eigenvalue weighted by atomic mass is 16.5. The van der Waals surface area contributed by atoms with Crippen molar-refractivity contribution in [1.82, 2.24) is 19.9 Å². The Kier molecular flexibility index (Phi) is 9.60. The van der Waals surface area contributed by atoms with Gasteiger partial charge in [0.15, 0.2) is 11.6 Å². The van der Waals surface area contributed by atoms with E-state index < -0.39 is 0 Å². The Bertz CT molecular complexity index is 947. The number of anilines is 3. The minimum Gasteiger partial charge on any atom is -0.463 e. The lowest BCUT2D eigenvalue weighted by molar-refractivity contribution is 0.188. The normalized spacial score (nSPS) is 14.1. The molecule has 3 rings (SSSR count). The van der Waals surface area contributed by atoms with Gasteiger partial charge in [-0.3, -0.25) is 9.89 Å². The second-order valence-corrected chi connectivity index (χ2v) is 8.09. The molecule has 1 aliphatic heterocycles. The second kappa shape index (κ2) is 12.9. The number of hydrogen-bond donors (Lipinski definition) is 1. The molecule has 10 heteroatoms. The Morgan fingerprint density at radius 1 is 1.26 bits per heavy atom. The predicted octanol–water partition coefficient (Wildman–Crippen LogP) is 2.84. The van der Waals surface area contributed by atoms with Gasteiger partial charge in [0.05, 0.1) is 6.61 Å². The number of methoxy groups -OCH3 is 1. The van der Waals surface area contributed by atoms with Gasteiger partial charge in [0.1, 0.15) is 18.2 Å². The number of pyridine rings is 1. The SMILES string of the molecule is C=Cc1ccnc(N2CCN(CCN(COC)c3nc(OCCCC)nc(N)c3N=C)CC2)c1. The molecule has 1 fully saturated rings. The summed E-state index contributed by atoms with van der Waals surface area (Å²) in [6, 6.07) is 4.29. The first kappa shape index (κ1) is 25.4. The first-order valence-corrected chi connectivity index (χ1v) is 11.7. The van der Waals surface area contributed by atoms with Crippen molar-refractivity contribution in [3.05, 3.63) is 30.5 Å². The zero-order valence-electron chi connectivity index (χ0n) is 20.3. The first-order chi connectivity index (χ1) is 16.6. The van der Waals surface area contributed by atoms with Crippen molar-refractivity contribution in [2.24, 2.45) is 4.99 Å². The third-order valence-electron chi connectivity index (χ3n) is 5.73. The van der Waals surface area contributed by atoms with Gasteiger partial charge in [0, 0.05) is 52.6 Å². The number of nitrogens with zero attached hydrogens (tertiary/aromatic N) is 7. The number of unbranched alkanes of at least 4 members (excludes halogenated alkanes) is 1. The largest absolute Gasteiger partial charge is 0.463 e. The van der Waals surface area contributed by atoms with Crippen LogP contribution in [0.25, 0.3) is 6.08 Å². The zero-order valence-corrected chi connectivity index (χ0v) is 20.3. The highest BCUT2D eigenvalue weighted by Crippen LogP contribution is 2.33. The minimum atomic E-state index is 0.246. The Morgan fingerprint density at radius 2 is 2.06 bits per heavy atom. The van der Waals surface area contributed by atoms with Crippen molar-refractivity contribution < 1.29 is 9.47 Å². The van der Waals surface area contributed by atoms with Gasteiger partial charge in [0.25, 0.3) is 0 Å². The molecule has 0 amide bonds. The molecule has 0 spiro atoms. The molecular weight excluding hydrogens is 432 g/mol. The molecule has 0 saturated carbocycles. The highest BCUT2D eigenvalue weighted by Gasteiger charge is 2.22. The lowest BCUT2D eigenvalue weighted by Crippen LogP contribution is -2.49. The van der Waals surface area contributed by atoms with Crippen LogP contribution in [0.2, 0.25) is 0 Å². The smallest absolute Gasteiger partial charge is 0.320 e. The maximum absolute atomic E-state index is 6.14. The van der Waals surface area contributed by atoms with Crippen LogP contribution in [0.1, 0.15) is 25.3 Å². The lowest BCUT2D eigenvalue weighted by atomic mass is 10.2. The van der Waals surface area contributed by atoms with Gasteiger partial charge in [-0.1, -0.05) is 26.0 Å². The van der Waals surface area contributed by atoms with Crippen molar-refractivity contribution in [3.8, 4) is 6.01 Å². The Morgan fingerprint density at radius 3 is 2.74 bits per heavy atom. The van der Waals surface area contributed by atoms with Crippen molar-refractivity contribution >= 4 is 35.9 Å². The second-order valence-electron chi connectivity index (χ2n) is 8.09. The summed E-state index contributed by atoms with van der Waals surface area (Å²) in [6.07, 6.45) is 5.62. The van der Waals surface area contributed by atoms with Gasteiger partial charge in [0.2, 0.25) is 0 Å². The average Bonchev–Trinajstić information content (AvgIpc) is 2.87. The molecule has 2 aromatic heterocycles. The van der Waals surface area contributed by atoms with Gasteiger partial charge in [-0.2, -0.15) is 9.97 Å². The fraction of sp³-hybridized carbons (Fsp3) is 0.500. The Labute approximate surface area is 202 Å². The summed E-state index contributed by atoms with van der Waals surface area (Å²) in [4.78, 5) is 24.1. The standard InChI is InChI=1S/C24H36N8O2/c1-5-7-16-34-24-28-22(25)21(26-3)23(29-24)32(18-33-4)15-12-30-10-13-31(14-11-30)20-17-19(6-2)8-9-27-20/h6,8-9,17H,2-3,5,7,10-16,18H2,1,4H3,(H2,25,28,29). The van der Waals surface area contributed by atoms with Crippen molar-refractivity contribution in [1.29, 1.82) is 0 Å². The number of aromatic nitrogens is 3. The number of rotatable bonds is 13. The van der Waals surface area contributed by atoms with Gasteiger partial charge in [-0.15, -0.1) is 0 Å². The molecule has 0 bridgehead atoms. The molecule has 2 N–H and O–H groups in total. The van der Waals surface area contributed by atoms with Crippen LogP contribution < -0.4 is 20.3 Å². The van der Waals surface area contributed by atoms with Crippen molar-refractivity contribution in [3.63, 3.8) is 0 Å². The summed E-state index contributed by atoms with van der Waals surface area (Å²) in [5.74, 6) is 1.81.